The van der Waals surface area contributed by atoms with Gasteiger partial charge in [-0.1, -0.05) is 92.7 Å². The van der Waals surface area contributed by atoms with Gasteiger partial charge in [0, 0.05) is 53.4 Å². The van der Waals surface area contributed by atoms with Crippen molar-refractivity contribution in [3.63, 3.8) is 0 Å². The third kappa shape index (κ3) is 3.20. The zero-order chi connectivity index (χ0) is 28.0. The Morgan fingerprint density at radius 2 is 1.19 bits per heavy atom. The van der Waals surface area contributed by atoms with Gasteiger partial charge in [-0.25, -0.2) is 0 Å². The second-order valence-electron chi connectivity index (χ2n) is 11.8. The summed E-state index contributed by atoms with van der Waals surface area (Å²) in [6.45, 7) is 4.72. The van der Waals surface area contributed by atoms with Crippen LogP contribution in [0.5, 0.6) is 0 Å². The molecule has 3 heteroatoms. The molecule has 6 aromatic carbocycles. The summed E-state index contributed by atoms with van der Waals surface area (Å²) >= 11 is 1.89. The molecule has 2 nitrogen and oxygen atoms in total. The Morgan fingerprint density at radius 1 is 0.524 bits per heavy atom. The predicted octanol–water partition coefficient (Wildman–Crippen LogP) is 11.3. The van der Waals surface area contributed by atoms with E-state index in [-0.39, 0.29) is 5.41 Å². The van der Waals surface area contributed by atoms with Crippen LogP contribution in [-0.4, -0.2) is 4.57 Å². The van der Waals surface area contributed by atoms with Crippen LogP contribution >= 0.6 is 11.3 Å². The Morgan fingerprint density at radius 3 is 1.95 bits per heavy atom. The van der Waals surface area contributed by atoms with E-state index in [2.05, 4.69) is 157 Å². The number of fused-ring (bicyclic) bond motifs is 8. The number of hydrogen-bond donors (Lipinski definition) is 0. The van der Waals surface area contributed by atoms with Gasteiger partial charge in [0.1, 0.15) is 0 Å². The molecule has 3 heterocycles. The molecule has 0 saturated carbocycles. The van der Waals surface area contributed by atoms with E-state index in [0.29, 0.717) is 0 Å². The molecule has 0 amide bonds. The maximum absolute atomic E-state index is 2.52. The Hall–Kier alpha value is -4.86. The average Bonchev–Trinajstić information content (AvgIpc) is 3.55. The highest BCUT2D eigenvalue weighted by molar-refractivity contribution is 7.26. The molecular weight excluding hydrogens is 529 g/mol. The normalized spacial score (nSPS) is 13.7. The molecule has 0 N–H and O–H groups in total. The van der Waals surface area contributed by atoms with E-state index < -0.39 is 0 Å². The van der Waals surface area contributed by atoms with Gasteiger partial charge >= 0.3 is 0 Å². The van der Waals surface area contributed by atoms with Crippen molar-refractivity contribution < 1.29 is 0 Å². The Bertz CT molecular complexity index is 2280. The van der Waals surface area contributed by atoms with E-state index in [1.165, 1.54) is 64.5 Å². The predicted molar refractivity (Wildman–Crippen MR) is 180 cm³/mol. The Balaban J connectivity index is 1.30. The Labute approximate surface area is 248 Å². The lowest BCUT2D eigenvalue weighted by Gasteiger charge is -2.34. The van der Waals surface area contributed by atoms with Gasteiger partial charge in [-0.2, -0.15) is 0 Å². The van der Waals surface area contributed by atoms with E-state index in [9.17, 15) is 0 Å². The summed E-state index contributed by atoms with van der Waals surface area (Å²) < 4.78 is 5.14. The first-order valence-electron chi connectivity index (χ1n) is 14.5. The number of anilines is 3. The molecule has 1 aliphatic heterocycles. The molecule has 0 spiro atoms. The van der Waals surface area contributed by atoms with Gasteiger partial charge in [-0.3, -0.25) is 0 Å². The molecular formula is C39H28N2S. The third-order valence-electron chi connectivity index (χ3n) is 9.14. The van der Waals surface area contributed by atoms with Crippen molar-refractivity contribution in [2.24, 2.45) is 0 Å². The molecule has 0 saturated heterocycles. The molecule has 0 aliphatic carbocycles. The highest BCUT2D eigenvalue weighted by Crippen LogP contribution is 2.49. The van der Waals surface area contributed by atoms with Gasteiger partial charge in [0.05, 0.1) is 16.7 Å². The topological polar surface area (TPSA) is 8.17 Å². The van der Waals surface area contributed by atoms with Gasteiger partial charge in [-0.05, 0) is 65.7 Å². The largest absolute Gasteiger partial charge is 0.310 e. The lowest BCUT2D eigenvalue weighted by molar-refractivity contribution is 0.630. The van der Waals surface area contributed by atoms with Crippen molar-refractivity contribution >= 4 is 70.4 Å². The maximum atomic E-state index is 2.52. The molecule has 0 unspecified atom stereocenters. The van der Waals surface area contributed by atoms with Crippen LogP contribution in [0.2, 0.25) is 0 Å². The van der Waals surface area contributed by atoms with Crippen molar-refractivity contribution in [1.82, 2.24) is 4.57 Å². The van der Waals surface area contributed by atoms with Crippen molar-refractivity contribution in [2.75, 3.05) is 4.90 Å². The minimum atomic E-state index is -0.0513. The highest BCUT2D eigenvalue weighted by atomic mass is 32.1. The standard InChI is InChI=1S/C39H28N2S/c1-39(2)32-17-9-10-19-34(32)41-35-24-37-31(23-30(35)29-16-11-18-33(39)38(29)41)28-21-20-27(22-36(28)42-37)40(25-12-5-3-6-13-25)26-14-7-4-8-15-26/h3-24H,1-2H3. The molecule has 8 aromatic rings. The number of hydrogen-bond acceptors (Lipinski definition) is 2. The van der Waals surface area contributed by atoms with Crippen LogP contribution in [0.1, 0.15) is 25.0 Å². The number of aromatic nitrogens is 1. The summed E-state index contributed by atoms with van der Waals surface area (Å²) in [5.74, 6) is 0. The van der Waals surface area contributed by atoms with Crippen molar-refractivity contribution in [3.05, 3.63) is 145 Å². The van der Waals surface area contributed by atoms with E-state index in [1.54, 1.807) is 0 Å². The number of para-hydroxylation sites is 4. The molecule has 0 radical (unpaired) electrons. The molecule has 42 heavy (non-hydrogen) atoms. The SMILES string of the molecule is CC1(C)c2ccccc2-n2c3cc4sc5cc(N(c6ccccc6)c6ccccc6)ccc5c4cc3c3cccc1c32. The zero-order valence-corrected chi connectivity index (χ0v) is 24.3. The minimum absolute atomic E-state index is 0.0513. The molecule has 1 aliphatic rings. The zero-order valence-electron chi connectivity index (χ0n) is 23.5. The molecule has 0 fully saturated rings. The van der Waals surface area contributed by atoms with Crippen LogP contribution in [0.4, 0.5) is 17.1 Å². The van der Waals surface area contributed by atoms with E-state index in [1.807, 2.05) is 11.3 Å². The van der Waals surface area contributed by atoms with E-state index >= 15 is 0 Å². The molecule has 2 aromatic heterocycles. The molecule has 0 bridgehead atoms. The fourth-order valence-corrected chi connectivity index (χ4v) is 8.31. The molecule has 9 rings (SSSR count). The summed E-state index contributed by atoms with van der Waals surface area (Å²) in [6.07, 6.45) is 0. The fourth-order valence-electron chi connectivity index (χ4n) is 7.16. The Kier molecular flexibility index (Phi) is 4.86. The van der Waals surface area contributed by atoms with Crippen LogP contribution in [0.3, 0.4) is 0 Å². The molecule has 200 valence electrons. The van der Waals surface area contributed by atoms with E-state index in [0.717, 1.165) is 11.4 Å². The van der Waals surface area contributed by atoms with Crippen LogP contribution in [0.15, 0.2) is 133 Å². The lowest BCUT2D eigenvalue weighted by Crippen LogP contribution is -2.26. The molecule has 0 atom stereocenters. The average molecular weight is 557 g/mol. The lowest BCUT2D eigenvalue weighted by atomic mass is 9.75. The number of rotatable bonds is 3. The minimum Gasteiger partial charge on any atom is -0.310 e. The van der Waals surface area contributed by atoms with Gasteiger partial charge in [0.2, 0.25) is 0 Å². The second-order valence-corrected chi connectivity index (χ2v) is 12.9. The third-order valence-corrected chi connectivity index (χ3v) is 10.3. The van der Waals surface area contributed by atoms with Crippen LogP contribution in [0.25, 0.3) is 47.7 Å². The summed E-state index contributed by atoms with van der Waals surface area (Å²) in [5, 5.41) is 5.30. The monoisotopic (exact) mass is 556 g/mol. The first kappa shape index (κ1) is 23.8. The van der Waals surface area contributed by atoms with Crippen molar-refractivity contribution in [3.8, 4) is 5.69 Å². The number of benzene rings is 6. The maximum Gasteiger partial charge on any atom is 0.0582 e. The van der Waals surface area contributed by atoms with Crippen LogP contribution < -0.4 is 4.90 Å². The van der Waals surface area contributed by atoms with Gasteiger partial charge in [0.15, 0.2) is 0 Å². The van der Waals surface area contributed by atoms with Gasteiger partial charge in [0.25, 0.3) is 0 Å². The number of thiophene rings is 1. The van der Waals surface area contributed by atoms with Gasteiger partial charge < -0.3 is 9.47 Å². The summed E-state index contributed by atoms with van der Waals surface area (Å²) in [4.78, 5) is 2.34. The van der Waals surface area contributed by atoms with Crippen LogP contribution in [0, 0.1) is 0 Å². The summed E-state index contributed by atoms with van der Waals surface area (Å²) in [5.41, 5.74) is 10.1. The number of nitrogens with zero attached hydrogens (tertiary/aromatic N) is 2. The second kappa shape index (κ2) is 8.58. The van der Waals surface area contributed by atoms with E-state index in [4.69, 9.17) is 0 Å². The fraction of sp³-hybridized carbons (Fsp3) is 0.0769. The highest BCUT2D eigenvalue weighted by Gasteiger charge is 2.34. The quantitative estimate of drug-likeness (QED) is 0.210. The smallest absolute Gasteiger partial charge is 0.0582 e. The van der Waals surface area contributed by atoms with Gasteiger partial charge in [-0.15, -0.1) is 11.3 Å². The van der Waals surface area contributed by atoms with Crippen molar-refractivity contribution in [2.45, 2.75) is 19.3 Å². The summed E-state index contributed by atoms with van der Waals surface area (Å²) in [6, 6.07) is 48.9. The summed E-state index contributed by atoms with van der Waals surface area (Å²) in [7, 11) is 0. The first-order chi connectivity index (χ1) is 20.6. The van der Waals surface area contributed by atoms with Crippen molar-refractivity contribution in [1.29, 1.82) is 0 Å². The van der Waals surface area contributed by atoms with Crippen LogP contribution in [-0.2, 0) is 5.41 Å². The first-order valence-corrected chi connectivity index (χ1v) is 15.4.